The highest BCUT2D eigenvalue weighted by Crippen LogP contribution is 2.16. The summed E-state index contributed by atoms with van der Waals surface area (Å²) in [6.45, 7) is 4.41. The highest BCUT2D eigenvalue weighted by molar-refractivity contribution is 5.95. The summed E-state index contributed by atoms with van der Waals surface area (Å²) in [5.41, 5.74) is 6.61. The second-order valence-electron chi connectivity index (χ2n) is 5.12. The number of ether oxygens (including phenoxy) is 1. The lowest BCUT2D eigenvalue weighted by molar-refractivity contribution is -0.120. The molecule has 5 nitrogen and oxygen atoms in total. The monoisotopic (exact) mass is 278 g/mol. The van der Waals surface area contributed by atoms with E-state index in [2.05, 4.69) is 10.1 Å². The zero-order chi connectivity index (χ0) is 15.1. The van der Waals surface area contributed by atoms with Gasteiger partial charge in [0.2, 0.25) is 5.91 Å². The normalized spacial score (nSPS) is 12.1. The van der Waals surface area contributed by atoms with Crippen LogP contribution in [-0.4, -0.2) is 25.5 Å². The zero-order valence-electron chi connectivity index (χ0n) is 12.2. The average molecular weight is 278 g/mol. The van der Waals surface area contributed by atoms with Crippen LogP contribution in [0.2, 0.25) is 0 Å². The van der Waals surface area contributed by atoms with Gasteiger partial charge in [-0.05, 0) is 30.5 Å². The molecule has 0 aromatic heterocycles. The number of amides is 1. The minimum Gasteiger partial charge on any atom is -0.465 e. The molecular weight excluding hydrogens is 256 g/mol. The van der Waals surface area contributed by atoms with E-state index in [0.29, 0.717) is 23.7 Å². The summed E-state index contributed by atoms with van der Waals surface area (Å²) in [5, 5.41) is 2.79. The van der Waals surface area contributed by atoms with Crippen LogP contribution in [0.3, 0.4) is 0 Å². The van der Waals surface area contributed by atoms with E-state index in [1.807, 2.05) is 13.8 Å². The number of hydrogen-bond donors (Lipinski definition) is 2. The molecule has 20 heavy (non-hydrogen) atoms. The molecule has 0 aliphatic rings. The van der Waals surface area contributed by atoms with Gasteiger partial charge in [0.05, 0.1) is 18.6 Å². The molecule has 0 aliphatic carbocycles. The van der Waals surface area contributed by atoms with E-state index in [-0.39, 0.29) is 11.8 Å². The maximum absolute atomic E-state index is 12.1. The summed E-state index contributed by atoms with van der Waals surface area (Å²) < 4.78 is 4.65. The van der Waals surface area contributed by atoms with Gasteiger partial charge in [0.15, 0.2) is 0 Å². The molecule has 1 aromatic rings. The minimum absolute atomic E-state index is 0.122. The summed E-state index contributed by atoms with van der Waals surface area (Å²) >= 11 is 0. The molecule has 0 saturated carbocycles. The lowest BCUT2D eigenvalue weighted by Gasteiger charge is -2.17. The van der Waals surface area contributed by atoms with Crippen molar-refractivity contribution in [1.29, 1.82) is 0 Å². The molecule has 0 bridgehead atoms. The van der Waals surface area contributed by atoms with Gasteiger partial charge in [0.25, 0.3) is 0 Å². The predicted molar refractivity (Wildman–Crippen MR) is 78.4 cm³/mol. The van der Waals surface area contributed by atoms with Gasteiger partial charge in [0.1, 0.15) is 0 Å². The van der Waals surface area contributed by atoms with Gasteiger partial charge in [-0.3, -0.25) is 4.79 Å². The number of carbonyl (C=O) groups is 2. The van der Waals surface area contributed by atoms with Crippen LogP contribution in [0, 0.1) is 11.8 Å². The number of hydrogen-bond acceptors (Lipinski definition) is 4. The summed E-state index contributed by atoms with van der Waals surface area (Å²) in [5.74, 6) is -0.380. The molecule has 1 rings (SSSR count). The van der Waals surface area contributed by atoms with Crippen molar-refractivity contribution < 1.29 is 14.3 Å². The van der Waals surface area contributed by atoms with Gasteiger partial charge < -0.3 is 15.8 Å². The molecule has 3 N–H and O–H groups in total. The maximum atomic E-state index is 12.1. The molecule has 110 valence electrons. The predicted octanol–water partition coefficient (Wildman–Crippen LogP) is 2.03. The van der Waals surface area contributed by atoms with Gasteiger partial charge in [-0.2, -0.15) is 0 Å². The van der Waals surface area contributed by atoms with Crippen molar-refractivity contribution in [2.75, 3.05) is 19.0 Å². The van der Waals surface area contributed by atoms with Crippen molar-refractivity contribution >= 4 is 17.6 Å². The standard InChI is InChI=1S/C15H22N2O3/c1-10(2)7-12(9-16)14(18)17-13-6-4-5-11(8-13)15(19)20-3/h4-6,8,10,12H,7,9,16H2,1-3H3,(H,17,18). The van der Waals surface area contributed by atoms with Crippen molar-refractivity contribution in [3.05, 3.63) is 29.8 Å². The van der Waals surface area contributed by atoms with E-state index in [1.54, 1.807) is 24.3 Å². The second kappa shape index (κ2) is 7.65. The number of nitrogens with two attached hydrogens (primary N) is 1. The molecule has 1 aromatic carbocycles. The van der Waals surface area contributed by atoms with Crippen molar-refractivity contribution in [3.63, 3.8) is 0 Å². The van der Waals surface area contributed by atoms with E-state index >= 15 is 0 Å². The highest BCUT2D eigenvalue weighted by atomic mass is 16.5. The Hall–Kier alpha value is -1.88. The number of benzene rings is 1. The zero-order valence-corrected chi connectivity index (χ0v) is 12.2. The topological polar surface area (TPSA) is 81.4 Å². The fourth-order valence-electron chi connectivity index (χ4n) is 1.97. The molecule has 1 atom stereocenters. The summed E-state index contributed by atoms with van der Waals surface area (Å²) in [6, 6.07) is 6.65. The van der Waals surface area contributed by atoms with Crippen LogP contribution in [0.5, 0.6) is 0 Å². The van der Waals surface area contributed by atoms with Crippen molar-refractivity contribution in [3.8, 4) is 0 Å². The largest absolute Gasteiger partial charge is 0.465 e. The lowest BCUT2D eigenvalue weighted by atomic mass is 9.96. The Balaban J connectivity index is 2.77. The van der Waals surface area contributed by atoms with E-state index in [0.717, 1.165) is 6.42 Å². The Bertz CT molecular complexity index is 472. The quantitative estimate of drug-likeness (QED) is 0.780. The van der Waals surface area contributed by atoms with Crippen LogP contribution < -0.4 is 11.1 Å². The number of nitrogens with one attached hydrogen (secondary N) is 1. The molecule has 0 aliphatic heterocycles. The molecule has 0 saturated heterocycles. The minimum atomic E-state index is -0.432. The van der Waals surface area contributed by atoms with E-state index < -0.39 is 5.97 Å². The Labute approximate surface area is 119 Å². The Kier molecular flexibility index (Phi) is 6.18. The average Bonchev–Trinajstić information content (AvgIpc) is 2.43. The third-order valence-corrected chi connectivity index (χ3v) is 2.96. The number of anilines is 1. The van der Waals surface area contributed by atoms with Gasteiger partial charge in [-0.1, -0.05) is 19.9 Å². The first kappa shape index (κ1) is 16.2. The molecule has 0 fully saturated rings. The summed E-state index contributed by atoms with van der Waals surface area (Å²) in [6.07, 6.45) is 0.735. The van der Waals surface area contributed by atoms with Crippen molar-refractivity contribution in [2.45, 2.75) is 20.3 Å². The van der Waals surface area contributed by atoms with Gasteiger partial charge in [-0.25, -0.2) is 4.79 Å². The Morgan fingerprint density at radius 2 is 2.05 bits per heavy atom. The van der Waals surface area contributed by atoms with Crippen molar-refractivity contribution in [1.82, 2.24) is 0 Å². The highest BCUT2D eigenvalue weighted by Gasteiger charge is 2.18. The maximum Gasteiger partial charge on any atom is 0.337 e. The number of esters is 1. The van der Waals surface area contributed by atoms with Gasteiger partial charge >= 0.3 is 5.97 Å². The lowest BCUT2D eigenvalue weighted by Crippen LogP contribution is -2.30. The molecule has 0 radical (unpaired) electrons. The van der Waals surface area contributed by atoms with E-state index in [9.17, 15) is 9.59 Å². The smallest absolute Gasteiger partial charge is 0.337 e. The first-order valence-corrected chi connectivity index (χ1v) is 6.67. The van der Waals surface area contributed by atoms with Crippen LogP contribution in [0.1, 0.15) is 30.6 Å². The molecular formula is C15H22N2O3. The molecule has 5 heteroatoms. The SMILES string of the molecule is COC(=O)c1cccc(NC(=O)C(CN)CC(C)C)c1. The molecule has 1 unspecified atom stereocenters. The first-order chi connectivity index (χ1) is 9.47. The summed E-state index contributed by atoms with van der Waals surface area (Å²) in [7, 11) is 1.32. The van der Waals surface area contributed by atoms with Crippen LogP contribution >= 0.6 is 0 Å². The first-order valence-electron chi connectivity index (χ1n) is 6.67. The van der Waals surface area contributed by atoms with Crippen LogP contribution in [0.4, 0.5) is 5.69 Å². The van der Waals surface area contributed by atoms with Crippen LogP contribution in [-0.2, 0) is 9.53 Å². The molecule has 1 amide bonds. The fraction of sp³-hybridized carbons (Fsp3) is 0.467. The van der Waals surface area contributed by atoms with Crippen LogP contribution in [0.25, 0.3) is 0 Å². The van der Waals surface area contributed by atoms with Crippen LogP contribution in [0.15, 0.2) is 24.3 Å². The molecule has 0 spiro atoms. The fourth-order valence-corrected chi connectivity index (χ4v) is 1.97. The van der Waals surface area contributed by atoms with Gasteiger partial charge in [-0.15, -0.1) is 0 Å². The van der Waals surface area contributed by atoms with E-state index in [1.165, 1.54) is 7.11 Å². The Morgan fingerprint density at radius 1 is 1.35 bits per heavy atom. The third-order valence-electron chi connectivity index (χ3n) is 2.96. The summed E-state index contributed by atoms with van der Waals surface area (Å²) in [4.78, 5) is 23.6. The number of carbonyl (C=O) groups excluding carboxylic acids is 2. The number of rotatable bonds is 6. The van der Waals surface area contributed by atoms with Crippen molar-refractivity contribution in [2.24, 2.45) is 17.6 Å². The third kappa shape index (κ3) is 4.66. The van der Waals surface area contributed by atoms with Gasteiger partial charge in [0, 0.05) is 12.2 Å². The Morgan fingerprint density at radius 3 is 2.60 bits per heavy atom. The van der Waals surface area contributed by atoms with E-state index in [4.69, 9.17) is 5.73 Å². The number of methoxy groups -OCH3 is 1. The second-order valence-corrected chi connectivity index (χ2v) is 5.12. The molecule has 0 heterocycles.